The van der Waals surface area contributed by atoms with E-state index >= 15 is 0 Å². The summed E-state index contributed by atoms with van der Waals surface area (Å²) in [5, 5.41) is 10.8. The van der Waals surface area contributed by atoms with E-state index in [1.54, 1.807) is 24.3 Å². The lowest BCUT2D eigenvalue weighted by atomic mass is 10.2. The highest BCUT2D eigenvalue weighted by molar-refractivity contribution is 5.83. The summed E-state index contributed by atoms with van der Waals surface area (Å²) in [6, 6.07) is 10.9. The van der Waals surface area contributed by atoms with E-state index in [1.165, 1.54) is 24.4 Å². The first-order valence-electron chi connectivity index (χ1n) is 7.54. The Bertz CT molecular complexity index is 773. The number of ether oxygens (including phenoxy) is 1. The van der Waals surface area contributed by atoms with Crippen LogP contribution in [0.1, 0.15) is 5.56 Å². The molecule has 0 amide bonds. The third-order valence-corrected chi connectivity index (χ3v) is 3.73. The van der Waals surface area contributed by atoms with Crippen molar-refractivity contribution < 1.29 is 14.1 Å². The van der Waals surface area contributed by atoms with E-state index < -0.39 is 4.92 Å². The molecule has 0 atom stereocenters. The molecule has 1 saturated heterocycles. The minimum absolute atomic E-state index is 0.0292. The fraction of sp³-hybridized carbons (Fsp3) is 0.235. The first-order valence-corrected chi connectivity index (χ1v) is 7.54. The van der Waals surface area contributed by atoms with Gasteiger partial charge in [0.25, 0.3) is 5.69 Å². The molecule has 124 valence electrons. The van der Waals surface area contributed by atoms with Crippen LogP contribution in [-0.4, -0.2) is 37.4 Å². The molecule has 0 aliphatic carbocycles. The Morgan fingerprint density at radius 1 is 1.21 bits per heavy atom. The molecule has 0 bridgehead atoms. The second-order valence-electron chi connectivity index (χ2n) is 5.35. The molecule has 0 spiro atoms. The second-order valence-corrected chi connectivity index (χ2v) is 5.35. The van der Waals surface area contributed by atoms with Crippen LogP contribution in [0.2, 0.25) is 0 Å². The van der Waals surface area contributed by atoms with Crippen molar-refractivity contribution in [3.63, 3.8) is 0 Å². The number of nitro benzene ring substituents is 1. The van der Waals surface area contributed by atoms with Crippen molar-refractivity contribution >= 4 is 23.3 Å². The second kappa shape index (κ2) is 7.18. The number of nitro groups is 1. The number of benzene rings is 2. The first-order chi connectivity index (χ1) is 11.6. The summed E-state index contributed by atoms with van der Waals surface area (Å²) < 4.78 is 19.6. The van der Waals surface area contributed by atoms with Crippen LogP contribution >= 0.6 is 0 Å². The van der Waals surface area contributed by atoms with E-state index in [0.29, 0.717) is 43.2 Å². The first kappa shape index (κ1) is 16.1. The van der Waals surface area contributed by atoms with Gasteiger partial charge in [-0.15, -0.1) is 0 Å². The smallest absolute Gasteiger partial charge is 0.271 e. The average molecular weight is 329 g/mol. The fourth-order valence-electron chi connectivity index (χ4n) is 2.50. The van der Waals surface area contributed by atoms with E-state index in [0.717, 1.165) is 0 Å². The number of hydrogen-bond donors (Lipinski definition) is 0. The molecule has 0 radical (unpaired) electrons. The van der Waals surface area contributed by atoms with Gasteiger partial charge in [-0.3, -0.25) is 15.1 Å². The fourth-order valence-corrected chi connectivity index (χ4v) is 2.50. The number of non-ortho nitro benzene ring substituents is 1. The van der Waals surface area contributed by atoms with Crippen LogP contribution in [0.5, 0.6) is 0 Å². The molecule has 1 fully saturated rings. The quantitative estimate of drug-likeness (QED) is 0.490. The summed E-state index contributed by atoms with van der Waals surface area (Å²) in [4.78, 5) is 16.4. The summed E-state index contributed by atoms with van der Waals surface area (Å²) in [7, 11) is 0. The summed E-state index contributed by atoms with van der Waals surface area (Å²) in [5.41, 5.74) is 1.56. The highest BCUT2D eigenvalue weighted by Gasteiger charge is 2.15. The number of nitrogens with zero attached hydrogens (tertiary/aromatic N) is 3. The molecule has 3 rings (SSSR count). The molecule has 0 unspecified atom stereocenters. The molecule has 24 heavy (non-hydrogen) atoms. The minimum atomic E-state index is -0.476. The van der Waals surface area contributed by atoms with Crippen LogP contribution < -0.4 is 4.90 Å². The topological polar surface area (TPSA) is 68.0 Å². The summed E-state index contributed by atoms with van der Waals surface area (Å²) in [5.74, 6) is -0.320. The van der Waals surface area contributed by atoms with Gasteiger partial charge in [-0.2, -0.15) is 0 Å². The zero-order valence-electron chi connectivity index (χ0n) is 12.9. The van der Waals surface area contributed by atoms with Gasteiger partial charge in [-0.1, -0.05) is 12.1 Å². The van der Waals surface area contributed by atoms with Gasteiger partial charge < -0.3 is 9.64 Å². The molecule has 0 N–H and O–H groups in total. The zero-order chi connectivity index (χ0) is 16.9. The summed E-state index contributed by atoms with van der Waals surface area (Å²) in [6.45, 7) is 2.51. The Morgan fingerprint density at radius 2 is 2.00 bits per heavy atom. The van der Waals surface area contributed by atoms with Gasteiger partial charge in [0.15, 0.2) is 0 Å². The molecular weight excluding hydrogens is 313 g/mol. The van der Waals surface area contributed by atoms with Gasteiger partial charge in [-0.25, -0.2) is 4.39 Å². The highest BCUT2D eigenvalue weighted by atomic mass is 19.1. The number of anilines is 1. The van der Waals surface area contributed by atoms with E-state index in [2.05, 4.69) is 4.99 Å². The highest BCUT2D eigenvalue weighted by Crippen LogP contribution is 2.22. The van der Waals surface area contributed by atoms with Crippen LogP contribution in [0, 0.1) is 15.9 Å². The van der Waals surface area contributed by atoms with Crippen molar-refractivity contribution in [3.05, 3.63) is 64.0 Å². The third kappa shape index (κ3) is 3.75. The normalized spacial score (nSPS) is 15.0. The number of morpholine rings is 1. The van der Waals surface area contributed by atoms with E-state index in [1.807, 2.05) is 4.90 Å². The predicted molar refractivity (Wildman–Crippen MR) is 89.8 cm³/mol. The molecule has 0 aromatic heterocycles. The summed E-state index contributed by atoms with van der Waals surface area (Å²) >= 11 is 0. The van der Waals surface area contributed by atoms with Crippen molar-refractivity contribution in [1.29, 1.82) is 0 Å². The van der Waals surface area contributed by atoms with Crippen LogP contribution in [0.15, 0.2) is 47.5 Å². The van der Waals surface area contributed by atoms with Crippen LogP contribution in [0.4, 0.5) is 21.5 Å². The lowest BCUT2D eigenvalue weighted by molar-refractivity contribution is -0.384. The molecule has 2 aromatic carbocycles. The van der Waals surface area contributed by atoms with Crippen molar-refractivity contribution in [2.45, 2.75) is 0 Å². The third-order valence-electron chi connectivity index (χ3n) is 3.73. The Balaban J connectivity index is 1.77. The van der Waals surface area contributed by atoms with Gasteiger partial charge in [0.1, 0.15) is 5.82 Å². The monoisotopic (exact) mass is 329 g/mol. The van der Waals surface area contributed by atoms with Crippen LogP contribution in [0.3, 0.4) is 0 Å². The number of halogens is 1. The Hall–Kier alpha value is -2.80. The molecule has 1 aliphatic heterocycles. The van der Waals surface area contributed by atoms with Gasteiger partial charge in [0.05, 0.1) is 29.5 Å². The van der Waals surface area contributed by atoms with Crippen molar-refractivity contribution in [2.75, 3.05) is 31.2 Å². The molecular formula is C17H16FN3O3. The molecule has 6 nitrogen and oxygen atoms in total. The van der Waals surface area contributed by atoms with E-state index in [4.69, 9.17) is 4.74 Å². The number of hydrogen-bond acceptors (Lipinski definition) is 5. The minimum Gasteiger partial charge on any atom is -0.378 e. The molecule has 1 heterocycles. The maximum absolute atomic E-state index is 14.3. The Labute approximate surface area is 138 Å². The number of aliphatic imine (C=N–C) groups is 1. The molecule has 0 saturated carbocycles. The average Bonchev–Trinajstić information content (AvgIpc) is 2.61. The molecule has 7 heteroatoms. The standard InChI is InChI=1S/C17H16FN3O3/c18-16-10-13(4-5-17(16)20-6-8-24-9-7-20)12-19-14-2-1-3-15(11-14)21(22)23/h1-5,10-12H,6-9H2. The maximum atomic E-state index is 14.3. The van der Waals surface area contributed by atoms with Crippen molar-refractivity contribution in [1.82, 2.24) is 0 Å². The van der Waals surface area contributed by atoms with E-state index in [9.17, 15) is 14.5 Å². The van der Waals surface area contributed by atoms with Crippen molar-refractivity contribution in [2.24, 2.45) is 4.99 Å². The predicted octanol–water partition coefficient (Wildman–Crippen LogP) is 3.32. The zero-order valence-corrected chi connectivity index (χ0v) is 12.9. The SMILES string of the molecule is O=[N+]([O-])c1cccc(N=Cc2ccc(N3CCOCC3)c(F)c2)c1. The number of rotatable bonds is 4. The lowest BCUT2D eigenvalue weighted by Crippen LogP contribution is -2.36. The van der Waals surface area contributed by atoms with Crippen LogP contribution in [-0.2, 0) is 4.74 Å². The van der Waals surface area contributed by atoms with Crippen LogP contribution in [0.25, 0.3) is 0 Å². The van der Waals surface area contributed by atoms with Gasteiger partial charge >= 0.3 is 0 Å². The molecule has 2 aromatic rings. The maximum Gasteiger partial charge on any atom is 0.271 e. The largest absolute Gasteiger partial charge is 0.378 e. The van der Waals surface area contributed by atoms with Gasteiger partial charge in [-0.05, 0) is 23.8 Å². The Morgan fingerprint density at radius 3 is 2.71 bits per heavy atom. The van der Waals surface area contributed by atoms with Gasteiger partial charge in [0.2, 0.25) is 0 Å². The van der Waals surface area contributed by atoms with Crippen molar-refractivity contribution in [3.8, 4) is 0 Å². The summed E-state index contributed by atoms with van der Waals surface area (Å²) in [6.07, 6.45) is 1.49. The lowest BCUT2D eigenvalue weighted by Gasteiger charge is -2.29. The molecule has 1 aliphatic rings. The van der Waals surface area contributed by atoms with Gasteiger partial charge in [0, 0.05) is 31.4 Å². The van der Waals surface area contributed by atoms with E-state index in [-0.39, 0.29) is 11.5 Å². The Kier molecular flexibility index (Phi) is 4.81.